The zero-order valence-electron chi connectivity index (χ0n) is 13.8. The van der Waals surface area contributed by atoms with Gasteiger partial charge in [0, 0.05) is 26.9 Å². The monoisotopic (exact) mass is 396 g/mol. The molecule has 0 spiro atoms. The molecule has 0 saturated carbocycles. The number of halogens is 1. The number of H-pyrrole nitrogens is 1. The molecule has 27 heavy (non-hydrogen) atoms. The first-order chi connectivity index (χ1) is 13.0. The van der Waals surface area contributed by atoms with Crippen molar-refractivity contribution in [2.24, 2.45) is 0 Å². The van der Waals surface area contributed by atoms with E-state index in [4.69, 9.17) is 11.6 Å². The van der Waals surface area contributed by atoms with Gasteiger partial charge in [-0.25, -0.2) is 4.79 Å². The summed E-state index contributed by atoms with van der Waals surface area (Å²) >= 11 is 7.08. The fourth-order valence-electron chi connectivity index (χ4n) is 2.87. The molecule has 7 heteroatoms. The van der Waals surface area contributed by atoms with Crippen molar-refractivity contribution in [3.8, 4) is 11.1 Å². The molecular formula is C20H13ClN2O3S. The van der Waals surface area contributed by atoms with Crippen LogP contribution in [0.25, 0.3) is 22.0 Å². The zero-order valence-corrected chi connectivity index (χ0v) is 15.4. The van der Waals surface area contributed by atoms with E-state index in [1.807, 2.05) is 24.3 Å². The Labute approximate surface area is 163 Å². The smallest absolute Gasteiger partial charge is 0.339 e. The van der Waals surface area contributed by atoms with E-state index in [1.165, 1.54) is 11.3 Å². The molecule has 2 heterocycles. The predicted molar refractivity (Wildman–Crippen MR) is 108 cm³/mol. The molecule has 0 bridgehead atoms. The number of thiophene rings is 1. The topological polar surface area (TPSA) is 82.2 Å². The molecule has 0 radical (unpaired) electrons. The number of carboxylic acid groups (broad SMARTS) is 1. The average Bonchev–Trinajstić information content (AvgIpc) is 3.26. The van der Waals surface area contributed by atoms with Crippen LogP contribution >= 0.6 is 22.9 Å². The van der Waals surface area contributed by atoms with Crippen LogP contribution in [0.2, 0.25) is 5.02 Å². The third kappa shape index (κ3) is 3.32. The highest BCUT2D eigenvalue weighted by molar-refractivity contribution is 7.15. The van der Waals surface area contributed by atoms with E-state index >= 15 is 0 Å². The lowest BCUT2D eigenvalue weighted by atomic mass is 10.0. The molecule has 1 amide bonds. The molecular weight excluding hydrogens is 384 g/mol. The molecule has 5 nitrogen and oxygen atoms in total. The van der Waals surface area contributed by atoms with Crippen LogP contribution in [0.1, 0.15) is 20.8 Å². The Morgan fingerprint density at radius 2 is 1.81 bits per heavy atom. The second-order valence-electron chi connectivity index (χ2n) is 5.89. The Balaban J connectivity index is 1.68. The summed E-state index contributed by atoms with van der Waals surface area (Å²) in [5.74, 6) is -1.49. The number of fused-ring (bicyclic) bond motifs is 1. The van der Waals surface area contributed by atoms with Gasteiger partial charge in [-0.2, -0.15) is 0 Å². The number of amides is 1. The summed E-state index contributed by atoms with van der Waals surface area (Å²) in [6, 6.07) is 16.2. The molecule has 2 aromatic heterocycles. The van der Waals surface area contributed by atoms with E-state index in [0.29, 0.717) is 16.3 Å². The first kappa shape index (κ1) is 17.3. The largest absolute Gasteiger partial charge is 0.478 e. The lowest BCUT2D eigenvalue weighted by Gasteiger charge is -2.05. The number of aromatic carboxylic acids is 1. The molecule has 0 aliphatic heterocycles. The summed E-state index contributed by atoms with van der Waals surface area (Å²) < 4.78 is 0. The number of aromatic amines is 1. The Morgan fingerprint density at radius 1 is 1.07 bits per heavy atom. The van der Waals surface area contributed by atoms with E-state index < -0.39 is 11.9 Å². The highest BCUT2D eigenvalue weighted by atomic mass is 35.5. The molecule has 0 aliphatic carbocycles. The van der Waals surface area contributed by atoms with Gasteiger partial charge >= 0.3 is 5.97 Å². The van der Waals surface area contributed by atoms with E-state index in [9.17, 15) is 14.7 Å². The van der Waals surface area contributed by atoms with Crippen molar-refractivity contribution in [3.05, 3.63) is 76.3 Å². The highest BCUT2D eigenvalue weighted by Gasteiger charge is 2.22. The van der Waals surface area contributed by atoms with Gasteiger partial charge in [0.15, 0.2) is 0 Å². The molecule has 0 aliphatic rings. The van der Waals surface area contributed by atoms with Crippen LogP contribution in [0.3, 0.4) is 0 Å². The summed E-state index contributed by atoms with van der Waals surface area (Å²) in [7, 11) is 0. The number of aromatic nitrogens is 1. The summed E-state index contributed by atoms with van der Waals surface area (Å²) in [6.45, 7) is 0. The van der Waals surface area contributed by atoms with Gasteiger partial charge in [-0.05, 0) is 29.8 Å². The van der Waals surface area contributed by atoms with E-state index in [-0.39, 0.29) is 10.6 Å². The van der Waals surface area contributed by atoms with Crippen LogP contribution in [0.15, 0.2) is 60.0 Å². The fourth-order valence-corrected chi connectivity index (χ4v) is 3.95. The number of benzene rings is 2. The molecule has 2 aromatic carbocycles. The Hall–Kier alpha value is -3.09. The SMILES string of the molecule is O=C(Nc1scc(-c2ccc(Cl)cc2)c1C(=O)O)c1cc2ccccc2[nH]1. The van der Waals surface area contributed by atoms with E-state index in [2.05, 4.69) is 10.3 Å². The van der Waals surface area contributed by atoms with Crippen LogP contribution in [0, 0.1) is 0 Å². The van der Waals surface area contributed by atoms with Crippen LogP contribution in [0.5, 0.6) is 0 Å². The van der Waals surface area contributed by atoms with Crippen LogP contribution in [0.4, 0.5) is 5.00 Å². The van der Waals surface area contributed by atoms with Crippen molar-refractivity contribution in [2.75, 3.05) is 5.32 Å². The number of rotatable bonds is 4. The van der Waals surface area contributed by atoms with Crippen molar-refractivity contribution >= 4 is 50.7 Å². The minimum Gasteiger partial charge on any atom is -0.478 e. The second-order valence-corrected chi connectivity index (χ2v) is 7.21. The van der Waals surface area contributed by atoms with Gasteiger partial charge in [0.1, 0.15) is 16.3 Å². The maximum atomic E-state index is 12.6. The van der Waals surface area contributed by atoms with E-state index in [1.54, 1.807) is 35.7 Å². The number of carbonyl (C=O) groups is 2. The van der Waals surface area contributed by atoms with Crippen molar-refractivity contribution < 1.29 is 14.7 Å². The number of hydrogen-bond donors (Lipinski definition) is 3. The van der Waals surface area contributed by atoms with E-state index in [0.717, 1.165) is 16.5 Å². The van der Waals surface area contributed by atoms with Gasteiger partial charge in [0.05, 0.1) is 0 Å². The average molecular weight is 397 g/mol. The Morgan fingerprint density at radius 3 is 2.52 bits per heavy atom. The quantitative estimate of drug-likeness (QED) is 0.426. The summed E-state index contributed by atoms with van der Waals surface area (Å²) in [4.78, 5) is 27.5. The second kappa shape index (κ2) is 6.90. The molecule has 0 unspecified atom stereocenters. The Kier molecular flexibility index (Phi) is 4.43. The van der Waals surface area contributed by atoms with Crippen LogP contribution in [-0.2, 0) is 0 Å². The number of hydrogen-bond acceptors (Lipinski definition) is 3. The maximum Gasteiger partial charge on any atom is 0.339 e. The molecule has 4 rings (SSSR count). The first-order valence-electron chi connectivity index (χ1n) is 8.03. The summed E-state index contributed by atoms with van der Waals surface area (Å²) in [5.41, 5.74) is 2.53. The first-order valence-corrected chi connectivity index (χ1v) is 9.28. The van der Waals surface area contributed by atoms with Crippen molar-refractivity contribution in [1.82, 2.24) is 4.98 Å². The fraction of sp³-hybridized carbons (Fsp3) is 0. The zero-order chi connectivity index (χ0) is 19.0. The Bertz CT molecular complexity index is 1130. The third-order valence-corrected chi connectivity index (χ3v) is 5.31. The molecule has 0 atom stereocenters. The van der Waals surface area contributed by atoms with Gasteiger partial charge in [0.25, 0.3) is 5.91 Å². The molecule has 0 saturated heterocycles. The minimum atomic E-state index is -1.10. The predicted octanol–water partition coefficient (Wildman–Crippen LogP) is 5.50. The number of carbonyl (C=O) groups excluding carboxylic acids is 1. The standard InChI is InChI=1S/C20H13ClN2O3S/c21-13-7-5-11(6-8-13)14-10-27-19(17(14)20(25)26)23-18(24)16-9-12-3-1-2-4-15(12)22-16/h1-10,22H,(H,23,24)(H,25,26). The van der Waals surface area contributed by atoms with Crippen molar-refractivity contribution in [2.45, 2.75) is 0 Å². The van der Waals surface area contributed by atoms with Crippen LogP contribution in [-0.4, -0.2) is 22.0 Å². The number of anilines is 1. The van der Waals surface area contributed by atoms with Gasteiger partial charge < -0.3 is 15.4 Å². The van der Waals surface area contributed by atoms with Gasteiger partial charge in [-0.1, -0.05) is 41.9 Å². The normalized spacial score (nSPS) is 10.9. The van der Waals surface area contributed by atoms with Crippen molar-refractivity contribution in [1.29, 1.82) is 0 Å². The number of carboxylic acids is 1. The minimum absolute atomic E-state index is 0.0618. The lowest BCUT2D eigenvalue weighted by molar-refractivity contribution is 0.0699. The number of para-hydroxylation sites is 1. The summed E-state index contributed by atoms with van der Waals surface area (Å²) in [5, 5.41) is 15.9. The maximum absolute atomic E-state index is 12.6. The molecule has 4 aromatic rings. The molecule has 134 valence electrons. The van der Waals surface area contributed by atoms with Gasteiger partial charge in [-0.15, -0.1) is 11.3 Å². The molecule has 3 N–H and O–H groups in total. The van der Waals surface area contributed by atoms with Crippen molar-refractivity contribution in [3.63, 3.8) is 0 Å². The van der Waals surface area contributed by atoms with Gasteiger partial charge in [0.2, 0.25) is 0 Å². The van der Waals surface area contributed by atoms with Crippen LogP contribution < -0.4 is 5.32 Å². The molecule has 0 fully saturated rings. The highest BCUT2D eigenvalue weighted by Crippen LogP contribution is 2.36. The summed E-state index contributed by atoms with van der Waals surface area (Å²) in [6.07, 6.45) is 0. The third-order valence-electron chi connectivity index (χ3n) is 4.16. The number of nitrogens with one attached hydrogen (secondary N) is 2. The van der Waals surface area contributed by atoms with Gasteiger partial charge in [-0.3, -0.25) is 4.79 Å². The lowest BCUT2D eigenvalue weighted by Crippen LogP contribution is -2.13.